The van der Waals surface area contributed by atoms with Crippen LogP contribution in [-0.2, 0) is 4.79 Å². The van der Waals surface area contributed by atoms with Gasteiger partial charge in [0.25, 0.3) is 0 Å². The summed E-state index contributed by atoms with van der Waals surface area (Å²) in [4.78, 5) is 12.6. The Balaban J connectivity index is 1.61. The van der Waals surface area contributed by atoms with Crippen LogP contribution in [0, 0.1) is 40.4 Å². The highest BCUT2D eigenvalue weighted by atomic mass is 16.3. The highest BCUT2D eigenvalue weighted by Crippen LogP contribution is 2.60. The molecule has 0 bridgehead atoms. The van der Waals surface area contributed by atoms with Crippen molar-refractivity contribution in [3.05, 3.63) is 0 Å². The summed E-state index contributed by atoms with van der Waals surface area (Å²) >= 11 is 0. The van der Waals surface area contributed by atoms with Gasteiger partial charge in [-0.05, 0) is 93.3 Å². The number of hydrogen-bond acceptors (Lipinski definition) is 6. The number of hydrazone groups is 1. The first-order chi connectivity index (χ1) is 14.4. The van der Waals surface area contributed by atoms with Crippen molar-refractivity contribution in [1.82, 2.24) is 5.43 Å². The lowest BCUT2D eigenvalue weighted by molar-refractivity contribution is -0.148. The van der Waals surface area contributed by atoms with Crippen molar-refractivity contribution < 1.29 is 15.0 Å². The van der Waals surface area contributed by atoms with Crippen LogP contribution in [0.1, 0.15) is 78.1 Å². The van der Waals surface area contributed by atoms with E-state index in [9.17, 15) is 15.0 Å². The average molecular weight is 420 g/mol. The first-order valence-electron chi connectivity index (χ1n) is 12.0. The van der Waals surface area contributed by atoms with E-state index in [0.717, 1.165) is 64.0 Å². The molecule has 8 atom stereocenters. The van der Waals surface area contributed by atoms with Crippen molar-refractivity contribution in [2.75, 3.05) is 6.54 Å². The van der Waals surface area contributed by atoms with Gasteiger partial charge in [0.15, 0.2) is 5.78 Å². The van der Waals surface area contributed by atoms with Crippen LogP contribution in [0.5, 0.6) is 0 Å². The standard InChI is InChI=1S/C24H41N3O3/c1-3-16(22(30)15-27-26-13-12-25)4-5-17-6-9-21(29)23-20(17)8-7-18-14-19(28)10-11-24(18,23)2/h12-13,16-21,23,25,27-29H,3-11,14-15H2,1-2H3. The van der Waals surface area contributed by atoms with E-state index in [0.29, 0.717) is 23.7 Å². The first-order valence-corrected chi connectivity index (χ1v) is 12.0. The van der Waals surface area contributed by atoms with E-state index in [-0.39, 0.29) is 35.9 Å². The molecule has 3 fully saturated rings. The topological polar surface area (TPSA) is 106 Å². The summed E-state index contributed by atoms with van der Waals surface area (Å²) in [5.74, 6) is 2.27. The van der Waals surface area contributed by atoms with E-state index in [2.05, 4.69) is 24.4 Å². The zero-order valence-corrected chi connectivity index (χ0v) is 18.7. The number of hydrogen-bond donors (Lipinski definition) is 4. The number of carbonyl (C=O) groups is 1. The lowest BCUT2D eigenvalue weighted by atomic mass is 9.47. The fraction of sp³-hybridized carbons (Fsp3) is 0.875. The Bertz CT molecular complexity index is 625. The van der Waals surface area contributed by atoms with Crippen molar-refractivity contribution >= 4 is 18.2 Å². The molecule has 170 valence electrons. The minimum Gasteiger partial charge on any atom is -0.393 e. The second kappa shape index (κ2) is 10.4. The average Bonchev–Trinajstić information content (AvgIpc) is 2.73. The summed E-state index contributed by atoms with van der Waals surface area (Å²) in [7, 11) is 0. The number of Topliss-reactive ketones (excluding diaryl/α,β-unsaturated/α-hetero) is 1. The maximum absolute atomic E-state index is 12.6. The molecule has 8 unspecified atom stereocenters. The summed E-state index contributed by atoms with van der Waals surface area (Å²) < 4.78 is 0. The van der Waals surface area contributed by atoms with Crippen molar-refractivity contribution in [2.45, 2.75) is 90.3 Å². The molecule has 0 aromatic carbocycles. The fourth-order valence-electron chi connectivity index (χ4n) is 7.10. The molecule has 0 radical (unpaired) electrons. The van der Waals surface area contributed by atoms with Crippen LogP contribution >= 0.6 is 0 Å². The van der Waals surface area contributed by atoms with Gasteiger partial charge in [0, 0.05) is 12.1 Å². The Labute approximate surface area is 181 Å². The summed E-state index contributed by atoms with van der Waals surface area (Å²) in [5, 5.41) is 31.9. The van der Waals surface area contributed by atoms with Gasteiger partial charge in [0.05, 0.1) is 25.0 Å². The predicted octanol–water partition coefficient (Wildman–Crippen LogP) is 3.55. The third kappa shape index (κ3) is 4.96. The number of carbonyl (C=O) groups excluding carboxylic acids is 1. The van der Waals surface area contributed by atoms with Crippen LogP contribution in [0.25, 0.3) is 0 Å². The Hall–Kier alpha value is -1.27. The molecule has 3 aliphatic carbocycles. The number of ketones is 1. The summed E-state index contributed by atoms with van der Waals surface area (Å²) in [6.07, 6.45) is 11.9. The van der Waals surface area contributed by atoms with Gasteiger partial charge in [0.1, 0.15) is 0 Å². The van der Waals surface area contributed by atoms with E-state index < -0.39 is 0 Å². The highest BCUT2D eigenvalue weighted by Gasteiger charge is 2.55. The second-order valence-corrected chi connectivity index (χ2v) is 10.2. The van der Waals surface area contributed by atoms with Gasteiger partial charge in [0.2, 0.25) is 0 Å². The molecule has 6 heteroatoms. The molecule has 3 rings (SSSR count). The lowest BCUT2D eigenvalue weighted by Crippen LogP contribution is -2.55. The van der Waals surface area contributed by atoms with Gasteiger partial charge < -0.3 is 21.0 Å². The van der Waals surface area contributed by atoms with Crippen molar-refractivity contribution in [2.24, 2.45) is 40.1 Å². The molecular formula is C24H41N3O3. The Morgan fingerprint density at radius 3 is 2.80 bits per heavy atom. The quantitative estimate of drug-likeness (QED) is 0.339. The van der Waals surface area contributed by atoms with E-state index >= 15 is 0 Å². The fourth-order valence-corrected chi connectivity index (χ4v) is 7.10. The maximum Gasteiger partial charge on any atom is 0.156 e. The largest absolute Gasteiger partial charge is 0.393 e. The van der Waals surface area contributed by atoms with Gasteiger partial charge >= 0.3 is 0 Å². The van der Waals surface area contributed by atoms with Crippen LogP contribution in [0.15, 0.2) is 5.10 Å². The summed E-state index contributed by atoms with van der Waals surface area (Å²) in [6.45, 7) is 4.68. The molecular weight excluding hydrogens is 378 g/mol. The van der Waals surface area contributed by atoms with Crippen molar-refractivity contribution in [1.29, 1.82) is 5.41 Å². The minimum atomic E-state index is -0.214. The summed E-state index contributed by atoms with van der Waals surface area (Å²) in [6, 6.07) is 0. The second-order valence-electron chi connectivity index (χ2n) is 10.2. The molecule has 0 aromatic rings. The van der Waals surface area contributed by atoms with Crippen LogP contribution in [0.2, 0.25) is 0 Å². The molecule has 30 heavy (non-hydrogen) atoms. The third-order valence-electron chi connectivity index (χ3n) is 8.76. The maximum atomic E-state index is 12.6. The molecule has 0 amide bonds. The van der Waals surface area contributed by atoms with Gasteiger partial charge in [-0.15, -0.1) is 0 Å². The van der Waals surface area contributed by atoms with Crippen LogP contribution in [0.3, 0.4) is 0 Å². The number of fused-ring (bicyclic) bond motifs is 3. The molecule has 0 aromatic heterocycles. The van der Waals surface area contributed by atoms with Crippen LogP contribution in [0.4, 0.5) is 0 Å². The van der Waals surface area contributed by atoms with Gasteiger partial charge in [-0.25, -0.2) is 0 Å². The minimum absolute atomic E-state index is 0.0507. The normalized spacial score (nSPS) is 39.7. The number of nitrogens with one attached hydrogen (secondary N) is 2. The smallest absolute Gasteiger partial charge is 0.156 e. The van der Waals surface area contributed by atoms with E-state index in [1.54, 1.807) is 0 Å². The van der Waals surface area contributed by atoms with Gasteiger partial charge in [-0.3, -0.25) is 4.79 Å². The number of nitrogens with zero attached hydrogens (tertiary/aromatic N) is 1. The molecule has 4 N–H and O–H groups in total. The molecule has 0 aliphatic heterocycles. The molecule has 3 aliphatic rings. The van der Waals surface area contributed by atoms with E-state index in [4.69, 9.17) is 5.41 Å². The SMILES string of the molecule is CCC(CCC1CCC(O)C2C1CCC1CC(O)CCC12C)C(=O)CNN=CC=N. The number of aliphatic hydroxyl groups excluding tert-OH is 2. The number of rotatable bonds is 9. The zero-order chi connectivity index (χ0) is 21.7. The number of aliphatic hydroxyl groups is 2. The Morgan fingerprint density at radius 1 is 1.27 bits per heavy atom. The molecule has 3 saturated carbocycles. The summed E-state index contributed by atoms with van der Waals surface area (Å²) in [5.41, 5.74) is 2.89. The monoisotopic (exact) mass is 419 g/mol. The van der Waals surface area contributed by atoms with Crippen LogP contribution in [-0.4, -0.2) is 47.2 Å². The third-order valence-corrected chi connectivity index (χ3v) is 8.76. The van der Waals surface area contributed by atoms with Crippen molar-refractivity contribution in [3.63, 3.8) is 0 Å². The zero-order valence-electron chi connectivity index (χ0n) is 18.7. The van der Waals surface area contributed by atoms with Gasteiger partial charge in [-0.1, -0.05) is 13.8 Å². The Morgan fingerprint density at radius 2 is 2.07 bits per heavy atom. The molecule has 0 saturated heterocycles. The first kappa shape index (κ1) is 23.4. The molecule has 0 spiro atoms. The van der Waals surface area contributed by atoms with Crippen molar-refractivity contribution in [3.8, 4) is 0 Å². The van der Waals surface area contributed by atoms with E-state index in [1.807, 2.05) is 0 Å². The van der Waals surface area contributed by atoms with E-state index in [1.165, 1.54) is 12.6 Å². The predicted molar refractivity (Wildman–Crippen MR) is 120 cm³/mol. The Kier molecular flexibility index (Phi) is 8.08. The molecule has 0 heterocycles. The van der Waals surface area contributed by atoms with Crippen LogP contribution < -0.4 is 5.43 Å². The highest BCUT2D eigenvalue weighted by molar-refractivity contribution is 6.14. The molecule has 6 nitrogen and oxygen atoms in total. The van der Waals surface area contributed by atoms with Gasteiger partial charge in [-0.2, -0.15) is 5.10 Å². The lowest BCUT2D eigenvalue weighted by Gasteiger charge is -2.59.